The number of benzene rings is 2. The highest BCUT2D eigenvalue weighted by atomic mass is 15.5. The SMILES string of the molecule is CC.Cc1ccc(NC2=NC(Nc3cccc4c3CN(C)N4)=CCC=N2)cc1. The van der Waals surface area contributed by atoms with Gasteiger partial charge in [0.15, 0.2) is 0 Å². The van der Waals surface area contributed by atoms with Gasteiger partial charge in [0, 0.05) is 43.2 Å². The van der Waals surface area contributed by atoms with Gasteiger partial charge in [-0.1, -0.05) is 37.6 Å². The summed E-state index contributed by atoms with van der Waals surface area (Å²) in [5.74, 6) is 1.37. The van der Waals surface area contributed by atoms with Crippen LogP contribution in [0.15, 0.2) is 64.3 Å². The minimum Gasteiger partial charge on any atom is -0.340 e. The number of allylic oxidation sites excluding steroid dienone is 1. The fourth-order valence-corrected chi connectivity index (χ4v) is 3.00. The molecule has 0 atom stereocenters. The van der Waals surface area contributed by atoms with Gasteiger partial charge in [0.1, 0.15) is 5.82 Å². The van der Waals surface area contributed by atoms with E-state index in [2.05, 4.69) is 62.2 Å². The largest absolute Gasteiger partial charge is 0.340 e. The van der Waals surface area contributed by atoms with Gasteiger partial charge < -0.3 is 16.1 Å². The van der Waals surface area contributed by atoms with Crippen molar-refractivity contribution < 1.29 is 0 Å². The van der Waals surface area contributed by atoms with Crippen LogP contribution >= 0.6 is 0 Å². The van der Waals surface area contributed by atoms with Crippen LogP contribution in [0.25, 0.3) is 0 Å². The summed E-state index contributed by atoms with van der Waals surface area (Å²) in [6.45, 7) is 6.92. The van der Waals surface area contributed by atoms with Crippen LogP contribution in [0.4, 0.5) is 17.1 Å². The number of anilines is 3. The third-order valence-corrected chi connectivity index (χ3v) is 4.31. The maximum atomic E-state index is 4.66. The van der Waals surface area contributed by atoms with Crippen molar-refractivity contribution in [1.29, 1.82) is 0 Å². The van der Waals surface area contributed by atoms with Crippen molar-refractivity contribution in [3.05, 3.63) is 65.5 Å². The number of nitrogens with zero attached hydrogens (tertiary/aromatic N) is 3. The van der Waals surface area contributed by atoms with Crippen LogP contribution < -0.4 is 16.1 Å². The maximum Gasteiger partial charge on any atom is 0.228 e. The fraction of sp³-hybridized carbons (Fsp3) is 0.273. The van der Waals surface area contributed by atoms with E-state index in [4.69, 9.17) is 0 Å². The molecule has 0 fully saturated rings. The van der Waals surface area contributed by atoms with Crippen molar-refractivity contribution in [3.63, 3.8) is 0 Å². The summed E-state index contributed by atoms with van der Waals surface area (Å²) < 4.78 is 0. The summed E-state index contributed by atoms with van der Waals surface area (Å²) in [4.78, 5) is 9.08. The molecule has 0 spiro atoms. The highest BCUT2D eigenvalue weighted by Gasteiger charge is 2.18. The van der Waals surface area contributed by atoms with Gasteiger partial charge in [0.25, 0.3) is 0 Å². The standard InChI is InChI=1S/C20H22N6.C2H6/c1-14-8-10-15(11-9-14)22-20-21-12-4-7-19(24-20)23-17-5-3-6-18-16(17)13-26(2)25-18;1-2/h3,5-12,23,25H,4,13H2,1-2H3,(H,22,24);1-2H3. The van der Waals surface area contributed by atoms with Crippen LogP contribution in [-0.2, 0) is 6.54 Å². The Balaban J connectivity index is 0.00000109. The Morgan fingerprint density at radius 1 is 1.04 bits per heavy atom. The van der Waals surface area contributed by atoms with Crippen molar-refractivity contribution in [2.75, 3.05) is 23.1 Å². The molecular weight excluding hydrogens is 348 g/mol. The Morgan fingerprint density at radius 3 is 2.61 bits per heavy atom. The van der Waals surface area contributed by atoms with E-state index in [1.165, 1.54) is 11.1 Å². The molecule has 6 heteroatoms. The second-order valence-corrected chi connectivity index (χ2v) is 6.49. The molecule has 0 aromatic heterocycles. The van der Waals surface area contributed by atoms with Gasteiger partial charge in [-0.2, -0.15) is 4.99 Å². The van der Waals surface area contributed by atoms with Crippen LogP contribution in [0.5, 0.6) is 0 Å². The summed E-state index contributed by atoms with van der Waals surface area (Å²) in [5, 5.41) is 8.79. The van der Waals surface area contributed by atoms with Crippen LogP contribution in [0.2, 0.25) is 0 Å². The van der Waals surface area contributed by atoms with E-state index in [9.17, 15) is 0 Å². The Hall–Kier alpha value is -3.12. The zero-order valence-electron chi connectivity index (χ0n) is 17.0. The van der Waals surface area contributed by atoms with Gasteiger partial charge in [-0.25, -0.2) is 10.0 Å². The Morgan fingerprint density at radius 2 is 1.82 bits per heavy atom. The molecule has 2 heterocycles. The van der Waals surface area contributed by atoms with Crippen molar-refractivity contribution in [1.82, 2.24) is 5.01 Å². The van der Waals surface area contributed by atoms with Crippen LogP contribution in [0.3, 0.4) is 0 Å². The molecule has 2 aliphatic heterocycles. The van der Waals surface area contributed by atoms with Crippen molar-refractivity contribution >= 4 is 29.2 Å². The Labute approximate surface area is 167 Å². The normalized spacial score (nSPS) is 15.3. The minimum atomic E-state index is 0.577. The van der Waals surface area contributed by atoms with E-state index >= 15 is 0 Å². The third kappa shape index (κ3) is 4.78. The number of hydrogen-bond donors (Lipinski definition) is 3. The van der Waals surface area contributed by atoms with Crippen molar-refractivity contribution in [2.45, 2.75) is 33.7 Å². The fourth-order valence-electron chi connectivity index (χ4n) is 3.00. The lowest BCUT2D eigenvalue weighted by molar-refractivity contribution is 0.423. The molecule has 0 radical (unpaired) electrons. The number of guanidine groups is 1. The summed E-state index contributed by atoms with van der Waals surface area (Å²) in [7, 11) is 2.03. The first-order chi connectivity index (χ1) is 13.7. The number of aryl methyl sites for hydroxylation is 1. The molecule has 2 aromatic rings. The number of fused-ring (bicyclic) bond motifs is 1. The molecule has 0 saturated heterocycles. The molecule has 0 aliphatic carbocycles. The zero-order chi connectivity index (χ0) is 19.9. The molecule has 6 nitrogen and oxygen atoms in total. The van der Waals surface area contributed by atoms with Crippen LogP contribution in [0, 0.1) is 6.92 Å². The average Bonchev–Trinajstić information content (AvgIpc) is 2.95. The topological polar surface area (TPSA) is 64.1 Å². The summed E-state index contributed by atoms with van der Waals surface area (Å²) >= 11 is 0. The Kier molecular flexibility index (Phi) is 6.45. The second-order valence-electron chi connectivity index (χ2n) is 6.49. The van der Waals surface area contributed by atoms with Gasteiger partial charge in [-0.3, -0.25) is 0 Å². The monoisotopic (exact) mass is 376 g/mol. The first-order valence-electron chi connectivity index (χ1n) is 9.69. The van der Waals surface area contributed by atoms with Crippen molar-refractivity contribution in [3.8, 4) is 0 Å². The van der Waals surface area contributed by atoms with Crippen molar-refractivity contribution in [2.24, 2.45) is 9.98 Å². The molecular formula is C22H28N6. The molecule has 0 unspecified atom stereocenters. The maximum absolute atomic E-state index is 4.66. The molecule has 0 bridgehead atoms. The number of nitrogens with one attached hydrogen (secondary N) is 3. The smallest absolute Gasteiger partial charge is 0.228 e. The zero-order valence-corrected chi connectivity index (χ0v) is 17.0. The molecule has 3 N–H and O–H groups in total. The third-order valence-electron chi connectivity index (χ3n) is 4.31. The van der Waals surface area contributed by atoms with E-state index in [-0.39, 0.29) is 0 Å². The van der Waals surface area contributed by atoms with E-state index < -0.39 is 0 Å². The van der Waals surface area contributed by atoms with E-state index in [0.29, 0.717) is 5.96 Å². The van der Waals surface area contributed by atoms with Crippen LogP contribution in [-0.4, -0.2) is 24.2 Å². The lowest BCUT2D eigenvalue weighted by Gasteiger charge is -2.11. The number of hydrazine groups is 1. The van der Waals surface area contributed by atoms with Gasteiger partial charge in [0.05, 0.1) is 5.69 Å². The van der Waals surface area contributed by atoms with Gasteiger partial charge >= 0.3 is 0 Å². The lowest BCUT2D eigenvalue weighted by Crippen LogP contribution is -2.16. The molecule has 0 saturated carbocycles. The first-order valence-corrected chi connectivity index (χ1v) is 9.69. The highest BCUT2D eigenvalue weighted by Crippen LogP contribution is 2.31. The molecule has 2 aliphatic rings. The minimum absolute atomic E-state index is 0.577. The van der Waals surface area contributed by atoms with E-state index in [1.807, 2.05) is 51.4 Å². The van der Waals surface area contributed by atoms with E-state index in [1.54, 1.807) is 0 Å². The van der Waals surface area contributed by atoms with Crippen LogP contribution in [0.1, 0.15) is 31.4 Å². The predicted octanol–water partition coefficient (Wildman–Crippen LogP) is 4.99. The summed E-state index contributed by atoms with van der Waals surface area (Å²) in [6, 6.07) is 14.4. The molecule has 2 aromatic carbocycles. The summed E-state index contributed by atoms with van der Waals surface area (Å²) in [6.07, 6.45) is 4.64. The quantitative estimate of drug-likeness (QED) is 0.706. The van der Waals surface area contributed by atoms with Gasteiger partial charge in [-0.05, 0) is 37.3 Å². The van der Waals surface area contributed by atoms with E-state index in [0.717, 1.165) is 35.8 Å². The molecule has 146 valence electrons. The summed E-state index contributed by atoms with van der Waals surface area (Å²) in [5.41, 5.74) is 8.96. The number of aliphatic imine (C=N–C) groups is 2. The Bertz CT molecular complexity index is 896. The predicted molar refractivity (Wildman–Crippen MR) is 120 cm³/mol. The number of rotatable bonds is 3. The molecule has 0 amide bonds. The van der Waals surface area contributed by atoms with Gasteiger partial charge in [0.2, 0.25) is 5.96 Å². The first kappa shape index (κ1) is 19.6. The molecule has 4 rings (SSSR count). The van der Waals surface area contributed by atoms with Gasteiger partial charge in [-0.15, -0.1) is 0 Å². The average molecular weight is 377 g/mol. The lowest BCUT2D eigenvalue weighted by atomic mass is 10.1. The second kappa shape index (κ2) is 9.19. The number of hydrogen-bond acceptors (Lipinski definition) is 6. The highest BCUT2D eigenvalue weighted by molar-refractivity contribution is 5.99. The molecule has 28 heavy (non-hydrogen) atoms.